The number of carbonyl (C=O) groups excluding carboxylic acids is 1. The van der Waals surface area contributed by atoms with Crippen molar-refractivity contribution in [1.82, 2.24) is 10.6 Å². The number of benzene rings is 1. The number of amides is 1. The maximum Gasteiger partial charge on any atom is 0.256 e. The molecular weight excluding hydrogens is 299 g/mol. The Morgan fingerprint density at radius 2 is 2.23 bits per heavy atom. The average Bonchev–Trinajstić information content (AvgIpc) is 2.75. The summed E-state index contributed by atoms with van der Waals surface area (Å²) < 4.78 is 11.9. The zero-order chi connectivity index (χ0) is 15.4. The molecule has 2 N–H and O–H groups in total. The van der Waals surface area contributed by atoms with Crippen LogP contribution in [0, 0.1) is 0 Å². The predicted octanol–water partition coefficient (Wildman–Crippen LogP) is -0.524. The number of thiocarbonyl (C=S) groups is 1. The van der Waals surface area contributed by atoms with Gasteiger partial charge in [0.1, 0.15) is 19.2 Å². The van der Waals surface area contributed by atoms with E-state index in [0.29, 0.717) is 18.1 Å². The van der Waals surface area contributed by atoms with E-state index in [1.807, 2.05) is 26.0 Å². The van der Waals surface area contributed by atoms with E-state index in [1.54, 1.807) is 0 Å². The van der Waals surface area contributed by atoms with E-state index >= 15 is 0 Å². The minimum absolute atomic E-state index is 0.0994. The lowest BCUT2D eigenvalue weighted by atomic mass is 9.73. The van der Waals surface area contributed by atoms with E-state index in [9.17, 15) is 4.79 Å². The molecule has 0 saturated carbocycles. The van der Waals surface area contributed by atoms with E-state index in [-0.39, 0.29) is 5.91 Å². The first-order valence-corrected chi connectivity index (χ1v) is 7.95. The summed E-state index contributed by atoms with van der Waals surface area (Å²) in [5.41, 5.74) is 0.633. The van der Waals surface area contributed by atoms with Gasteiger partial charge in [-0.25, -0.2) is 0 Å². The third-order valence-electron chi connectivity index (χ3n) is 4.74. The van der Waals surface area contributed by atoms with Gasteiger partial charge in [0.15, 0.2) is 10.7 Å². The molecule has 3 aliphatic rings. The van der Waals surface area contributed by atoms with Crippen molar-refractivity contribution in [3.8, 4) is 5.75 Å². The maximum atomic E-state index is 12.7. The van der Waals surface area contributed by atoms with Gasteiger partial charge in [0, 0.05) is 18.6 Å². The molecule has 2 atom stereocenters. The van der Waals surface area contributed by atoms with E-state index in [4.69, 9.17) is 21.7 Å². The number of fused-ring (bicyclic) bond motifs is 2. The monoisotopic (exact) mass is 316 g/mol. The quantitative estimate of drug-likeness (QED) is 0.498. The van der Waals surface area contributed by atoms with Crippen LogP contribution in [-0.4, -0.2) is 37.7 Å². The second kappa shape index (κ2) is 4.70. The first-order valence-electron chi connectivity index (χ1n) is 7.55. The summed E-state index contributed by atoms with van der Waals surface area (Å²) in [6, 6.07) is 5.95. The molecule has 0 bridgehead atoms. The van der Waals surface area contributed by atoms with Crippen LogP contribution in [0.5, 0.6) is 5.75 Å². The van der Waals surface area contributed by atoms with Crippen LogP contribution < -0.4 is 20.8 Å². The first-order chi connectivity index (χ1) is 10.5. The summed E-state index contributed by atoms with van der Waals surface area (Å²) in [6.07, 6.45) is 2.34. The van der Waals surface area contributed by atoms with Crippen molar-refractivity contribution in [3.05, 3.63) is 23.8 Å². The fourth-order valence-corrected chi connectivity index (χ4v) is 4.03. The minimum atomic E-state index is -0.850. The number of hydrogen-bond donors (Lipinski definition) is 2. The molecule has 7 heteroatoms. The topological polar surface area (TPSA) is 59.6 Å². The highest BCUT2D eigenvalue weighted by atomic mass is 32.1. The Morgan fingerprint density at radius 1 is 1.36 bits per heavy atom. The highest BCUT2D eigenvalue weighted by molar-refractivity contribution is 7.80. The molecule has 22 heavy (non-hydrogen) atoms. The Labute approximate surface area is 135 Å². The second-order valence-electron chi connectivity index (χ2n) is 6.43. The van der Waals surface area contributed by atoms with E-state index in [1.165, 1.54) is 0 Å². The smallest absolute Gasteiger partial charge is 0.256 e. The van der Waals surface area contributed by atoms with Crippen LogP contribution >= 0.6 is 12.2 Å². The molecule has 3 heterocycles. The lowest BCUT2D eigenvalue weighted by molar-refractivity contribution is -0.134. The zero-order valence-electron chi connectivity index (χ0n) is 12.4. The molecule has 114 valence electrons. The molecule has 4 rings (SSSR count). The van der Waals surface area contributed by atoms with Crippen LogP contribution in [-0.2, 0) is 15.1 Å². The van der Waals surface area contributed by atoms with E-state index in [2.05, 4.69) is 10.6 Å². The van der Waals surface area contributed by atoms with Gasteiger partial charge in [-0.05, 0) is 31.1 Å². The van der Waals surface area contributed by atoms with Crippen molar-refractivity contribution in [2.75, 3.05) is 13.2 Å². The molecule has 2 unspecified atom stereocenters. The van der Waals surface area contributed by atoms with Crippen molar-refractivity contribution >= 4 is 36.5 Å². The molecule has 1 aromatic rings. The highest BCUT2D eigenvalue weighted by Crippen LogP contribution is 2.47. The SMILES string of the molecule is Bc1ccc2c(c1)C1(CC3(CCCOC3)O2)NC(=S)NC1=O. The molecule has 2 saturated heterocycles. The van der Waals surface area contributed by atoms with Gasteiger partial charge in [0.05, 0.1) is 6.61 Å². The standard InChI is InChI=1S/C15H17BN2O3S/c16-9-2-3-11-10(6-9)15(12(19)17-13(22)18-15)7-14(21-11)4-1-5-20-8-14/h2-3,6H,1,4-5,7-8,16H2,(H2,17,18,19,22). The molecule has 5 nitrogen and oxygen atoms in total. The van der Waals surface area contributed by atoms with Crippen LogP contribution in [0.4, 0.5) is 0 Å². The van der Waals surface area contributed by atoms with E-state index in [0.717, 1.165) is 36.2 Å². The fourth-order valence-electron chi connectivity index (χ4n) is 3.77. The molecule has 3 aliphatic heterocycles. The largest absolute Gasteiger partial charge is 0.484 e. The van der Waals surface area contributed by atoms with Crippen molar-refractivity contribution in [1.29, 1.82) is 0 Å². The molecular formula is C15H17BN2O3S. The summed E-state index contributed by atoms with van der Waals surface area (Å²) in [5.74, 6) is 0.646. The average molecular weight is 316 g/mol. The van der Waals surface area contributed by atoms with Crippen molar-refractivity contribution in [2.24, 2.45) is 0 Å². The molecule has 2 spiro atoms. The first kappa shape index (κ1) is 14.0. The van der Waals surface area contributed by atoms with Gasteiger partial charge in [-0.15, -0.1) is 0 Å². The lowest BCUT2D eigenvalue weighted by Crippen LogP contribution is -2.58. The van der Waals surface area contributed by atoms with Gasteiger partial charge in [0.25, 0.3) is 5.91 Å². The van der Waals surface area contributed by atoms with Gasteiger partial charge >= 0.3 is 0 Å². The van der Waals surface area contributed by atoms with Gasteiger partial charge < -0.3 is 20.1 Å². The van der Waals surface area contributed by atoms with Crippen LogP contribution in [0.2, 0.25) is 0 Å². The van der Waals surface area contributed by atoms with Crippen LogP contribution in [0.3, 0.4) is 0 Å². The predicted molar refractivity (Wildman–Crippen MR) is 88.2 cm³/mol. The van der Waals surface area contributed by atoms with Crippen molar-refractivity contribution in [2.45, 2.75) is 30.4 Å². The second-order valence-corrected chi connectivity index (χ2v) is 6.84. The number of rotatable bonds is 0. The van der Waals surface area contributed by atoms with Crippen molar-refractivity contribution < 1.29 is 14.3 Å². The molecule has 0 aromatic heterocycles. The fraction of sp³-hybridized carbons (Fsp3) is 0.467. The molecule has 0 aliphatic carbocycles. The number of nitrogens with one attached hydrogen (secondary N) is 2. The summed E-state index contributed by atoms with van der Waals surface area (Å²) in [7, 11) is 2.01. The third-order valence-corrected chi connectivity index (χ3v) is 4.94. The van der Waals surface area contributed by atoms with Gasteiger partial charge in [0.2, 0.25) is 0 Å². The molecule has 1 amide bonds. The number of hydrogen-bond acceptors (Lipinski definition) is 4. The lowest BCUT2D eigenvalue weighted by Gasteiger charge is -2.47. The molecule has 1 aromatic carbocycles. The van der Waals surface area contributed by atoms with E-state index < -0.39 is 11.1 Å². The summed E-state index contributed by atoms with van der Waals surface area (Å²) >= 11 is 5.19. The van der Waals surface area contributed by atoms with Crippen LogP contribution in [0.25, 0.3) is 0 Å². The normalized spacial score (nSPS) is 33.3. The molecule has 0 radical (unpaired) electrons. The summed E-state index contributed by atoms with van der Waals surface area (Å²) in [5, 5.41) is 6.33. The minimum Gasteiger partial charge on any atom is -0.484 e. The number of ether oxygens (including phenoxy) is 2. The third kappa shape index (κ3) is 1.95. The Morgan fingerprint density at radius 3 is 2.91 bits per heavy atom. The Hall–Kier alpha value is -1.60. The summed E-state index contributed by atoms with van der Waals surface area (Å²) in [6.45, 7) is 1.25. The number of carbonyl (C=O) groups is 1. The molecule has 2 fully saturated rings. The van der Waals surface area contributed by atoms with Crippen LogP contribution in [0.15, 0.2) is 18.2 Å². The summed E-state index contributed by atoms with van der Waals surface area (Å²) in [4.78, 5) is 12.7. The van der Waals surface area contributed by atoms with Crippen molar-refractivity contribution in [3.63, 3.8) is 0 Å². The Kier molecular flexibility index (Phi) is 3.00. The zero-order valence-corrected chi connectivity index (χ0v) is 13.2. The van der Waals surface area contributed by atoms with Crippen LogP contribution in [0.1, 0.15) is 24.8 Å². The van der Waals surface area contributed by atoms with Gasteiger partial charge in [-0.1, -0.05) is 17.6 Å². The van der Waals surface area contributed by atoms with Gasteiger partial charge in [-0.3, -0.25) is 4.79 Å². The Bertz CT molecular complexity index is 675. The van der Waals surface area contributed by atoms with Gasteiger partial charge in [-0.2, -0.15) is 0 Å². The Balaban J connectivity index is 1.87. The maximum absolute atomic E-state index is 12.7. The highest BCUT2D eigenvalue weighted by Gasteiger charge is 2.57.